The number of hydrogen-bond donors (Lipinski definition) is 1. The number of allylic oxidation sites excluding steroid dienone is 6. The van der Waals surface area contributed by atoms with Crippen molar-refractivity contribution in [2.24, 2.45) is 0 Å². The first-order chi connectivity index (χ1) is 30.6. The van der Waals surface area contributed by atoms with E-state index in [0.29, 0.717) is 19.3 Å². The van der Waals surface area contributed by atoms with E-state index in [1.165, 1.54) is 148 Å². The van der Waals surface area contributed by atoms with Crippen LogP contribution in [-0.4, -0.2) is 80.6 Å². The summed E-state index contributed by atoms with van der Waals surface area (Å²) in [4.78, 5) is 37.2. The summed E-state index contributed by atoms with van der Waals surface area (Å²) in [5.74, 6) is -1.48. The molecule has 0 aliphatic rings. The van der Waals surface area contributed by atoms with Crippen LogP contribution in [0.5, 0.6) is 0 Å². The van der Waals surface area contributed by atoms with Gasteiger partial charge in [-0.05, 0) is 38.5 Å². The van der Waals surface area contributed by atoms with Crippen LogP contribution in [0.3, 0.4) is 0 Å². The van der Waals surface area contributed by atoms with Crippen molar-refractivity contribution >= 4 is 17.9 Å². The maximum atomic E-state index is 12.8. The summed E-state index contributed by atoms with van der Waals surface area (Å²) in [5, 5.41) is 9.66. The molecule has 0 amide bonds. The smallest absolute Gasteiger partial charge is 0.362 e. The molecule has 0 aromatic carbocycles. The van der Waals surface area contributed by atoms with E-state index in [9.17, 15) is 19.5 Å². The molecule has 0 saturated carbocycles. The fourth-order valence-electron chi connectivity index (χ4n) is 7.98. The lowest BCUT2D eigenvalue weighted by Crippen LogP contribution is -2.50. The summed E-state index contributed by atoms with van der Waals surface area (Å²) in [6, 6.07) is -0.617. The van der Waals surface area contributed by atoms with E-state index in [2.05, 4.69) is 50.3 Å². The normalized spacial score (nSPS) is 13.1. The van der Waals surface area contributed by atoms with Crippen LogP contribution >= 0.6 is 0 Å². The van der Waals surface area contributed by atoms with Gasteiger partial charge in [-0.3, -0.25) is 9.59 Å². The van der Waals surface area contributed by atoms with Gasteiger partial charge < -0.3 is 23.8 Å². The molecule has 0 radical (unpaired) electrons. The molecule has 0 heterocycles. The van der Waals surface area contributed by atoms with Crippen molar-refractivity contribution in [1.29, 1.82) is 0 Å². The van der Waals surface area contributed by atoms with Gasteiger partial charge in [0.2, 0.25) is 0 Å². The van der Waals surface area contributed by atoms with E-state index in [-0.39, 0.29) is 36.2 Å². The third-order valence-electron chi connectivity index (χ3n) is 12.1. The predicted octanol–water partition coefficient (Wildman–Crippen LogP) is 15.4. The van der Waals surface area contributed by atoms with Crippen LogP contribution in [0.4, 0.5) is 0 Å². The van der Waals surface area contributed by atoms with Crippen molar-refractivity contribution in [3.05, 3.63) is 36.5 Å². The minimum atomic E-state index is -0.875. The number of quaternary nitrogens is 1. The number of rotatable bonds is 48. The number of carboxylic acid groups (broad SMARTS) is 1. The maximum absolute atomic E-state index is 12.8. The molecule has 0 spiro atoms. The summed E-state index contributed by atoms with van der Waals surface area (Å²) in [7, 11) is 5.54. The van der Waals surface area contributed by atoms with E-state index in [0.717, 1.165) is 64.2 Å². The van der Waals surface area contributed by atoms with Gasteiger partial charge in [0.05, 0.1) is 34.4 Å². The fraction of sp³-hybridized carbons (Fsp3) is 0.836. The van der Waals surface area contributed by atoms with Crippen molar-refractivity contribution in [3.8, 4) is 0 Å². The standard InChI is InChI=1S/C55H101NO7/c1-6-8-10-12-14-16-18-20-22-24-26-27-28-30-32-34-36-38-40-42-44-46-54(58)63-51(49-61-48-47-52(55(59)60)56(3,4)5)50-62-53(57)45-43-41-39-37-35-33-31-29-25-23-21-19-17-15-13-11-9-7-2/h19,21,23,25,29,31,51-52H,6-18,20,22,24,26-28,30,32-50H2,1-5H3/p+1/b21-19+,25-23+,31-29+. The van der Waals surface area contributed by atoms with Gasteiger partial charge in [0.25, 0.3) is 0 Å². The molecule has 8 nitrogen and oxygen atoms in total. The van der Waals surface area contributed by atoms with Gasteiger partial charge in [-0.15, -0.1) is 0 Å². The van der Waals surface area contributed by atoms with Gasteiger partial charge in [-0.2, -0.15) is 0 Å². The van der Waals surface area contributed by atoms with Crippen LogP contribution in [0, 0.1) is 0 Å². The Morgan fingerprint density at radius 2 is 0.841 bits per heavy atom. The number of carboxylic acids is 1. The zero-order valence-corrected chi connectivity index (χ0v) is 42.0. The van der Waals surface area contributed by atoms with Crippen LogP contribution in [0.25, 0.3) is 0 Å². The van der Waals surface area contributed by atoms with E-state index in [1.54, 1.807) is 0 Å². The van der Waals surface area contributed by atoms with Crippen LogP contribution in [0.1, 0.15) is 245 Å². The minimum absolute atomic E-state index is 0.0575. The Bertz CT molecular complexity index is 1130. The maximum Gasteiger partial charge on any atom is 0.362 e. The number of likely N-dealkylation sites (N-methyl/N-ethyl adjacent to an activating group) is 1. The van der Waals surface area contributed by atoms with E-state index >= 15 is 0 Å². The molecular formula is C55H102NO7+. The molecule has 0 fully saturated rings. The van der Waals surface area contributed by atoms with Gasteiger partial charge in [-0.25, -0.2) is 4.79 Å². The Kier molecular flexibility index (Phi) is 44.3. The molecule has 368 valence electrons. The van der Waals surface area contributed by atoms with Gasteiger partial charge in [0, 0.05) is 19.3 Å². The van der Waals surface area contributed by atoms with Crippen LogP contribution in [0.15, 0.2) is 36.5 Å². The van der Waals surface area contributed by atoms with Crippen molar-refractivity contribution in [2.45, 2.75) is 257 Å². The average Bonchev–Trinajstić information content (AvgIpc) is 3.24. The first-order valence-corrected chi connectivity index (χ1v) is 26.6. The molecule has 1 N–H and O–H groups in total. The number of aliphatic carboxylic acids is 1. The van der Waals surface area contributed by atoms with Crippen molar-refractivity contribution < 1.29 is 38.2 Å². The number of unbranched alkanes of at least 4 members (excludes halogenated alkanes) is 30. The largest absolute Gasteiger partial charge is 0.477 e. The predicted molar refractivity (Wildman–Crippen MR) is 266 cm³/mol. The highest BCUT2D eigenvalue weighted by Gasteiger charge is 2.31. The molecule has 0 rings (SSSR count). The third kappa shape index (κ3) is 44.5. The lowest BCUT2D eigenvalue weighted by molar-refractivity contribution is -0.887. The Hall–Kier alpha value is -2.45. The Morgan fingerprint density at radius 3 is 1.22 bits per heavy atom. The number of carbonyl (C=O) groups excluding carboxylic acids is 2. The second-order valence-electron chi connectivity index (χ2n) is 19.2. The highest BCUT2D eigenvalue weighted by Crippen LogP contribution is 2.17. The second kappa shape index (κ2) is 46.1. The number of hydrogen-bond acceptors (Lipinski definition) is 6. The number of nitrogens with zero attached hydrogens (tertiary/aromatic N) is 1. The number of ether oxygens (including phenoxy) is 3. The summed E-state index contributed by atoms with van der Waals surface area (Å²) in [6.07, 6.45) is 54.8. The second-order valence-corrected chi connectivity index (χ2v) is 19.2. The first kappa shape index (κ1) is 60.5. The van der Waals surface area contributed by atoms with Crippen LogP contribution < -0.4 is 0 Å². The molecule has 0 bridgehead atoms. The fourth-order valence-corrected chi connectivity index (χ4v) is 7.98. The SMILES string of the molecule is CCCCCCC/C=C/C=C/C=C/CCCCCCCC(=O)OCC(COCCC(C(=O)O)[N+](C)(C)C)OC(=O)CCCCCCCCCCCCCCCCCCCCCCC. The molecule has 8 heteroatoms. The Balaban J connectivity index is 4.24. The zero-order chi connectivity index (χ0) is 46.3. The quantitative estimate of drug-likeness (QED) is 0.0281. The van der Waals surface area contributed by atoms with Crippen molar-refractivity contribution in [3.63, 3.8) is 0 Å². The van der Waals surface area contributed by atoms with Crippen LogP contribution in [0.2, 0.25) is 0 Å². The molecule has 0 aromatic rings. The van der Waals surface area contributed by atoms with Gasteiger partial charge >= 0.3 is 17.9 Å². The number of carbonyl (C=O) groups is 3. The summed E-state index contributed by atoms with van der Waals surface area (Å²) in [6.45, 7) is 4.74. The minimum Gasteiger partial charge on any atom is -0.477 e. The summed E-state index contributed by atoms with van der Waals surface area (Å²) in [5.41, 5.74) is 0. The van der Waals surface area contributed by atoms with Gasteiger partial charge in [-0.1, -0.05) is 224 Å². The summed E-state index contributed by atoms with van der Waals surface area (Å²) >= 11 is 0. The van der Waals surface area contributed by atoms with E-state index in [4.69, 9.17) is 14.2 Å². The summed E-state index contributed by atoms with van der Waals surface area (Å²) < 4.78 is 17.4. The molecule has 0 aliphatic carbocycles. The lowest BCUT2D eigenvalue weighted by atomic mass is 10.0. The lowest BCUT2D eigenvalue weighted by Gasteiger charge is -2.31. The van der Waals surface area contributed by atoms with E-state index < -0.39 is 18.1 Å². The zero-order valence-electron chi connectivity index (χ0n) is 42.0. The average molecular weight is 889 g/mol. The molecule has 2 atom stereocenters. The highest BCUT2D eigenvalue weighted by atomic mass is 16.6. The van der Waals surface area contributed by atoms with Crippen molar-refractivity contribution in [1.82, 2.24) is 0 Å². The Morgan fingerprint density at radius 1 is 0.476 bits per heavy atom. The first-order valence-electron chi connectivity index (χ1n) is 26.6. The van der Waals surface area contributed by atoms with Crippen molar-refractivity contribution in [2.75, 3.05) is 41.0 Å². The molecule has 0 saturated heterocycles. The highest BCUT2D eigenvalue weighted by molar-refractivity contribution is 5.72. The Labute approximate surface area is 389 Å². The van der Waals surface area contributed by atoms with Gasteiger partial charge in [0.15, 0.2) is 12.1 Å². The monoisotopic (exact) mass is 889 g/mol. The van der Waals surface area contributed by atoms with Gasteiger partial charge in [0.1, 0.15) is 6.61 Å². The third-order valence-corrected chi connectivity index (χ3v) is 12.1. The molecular weight excluding hydrogens is 787 g/mol. The topological polar surface area (TPSA) is 99.1 Å². The molecule has 2 unspecified atom stereocenters. The van der Waals surface area contributed by atoms with Crippen LogP contribution in [-0.2, 0) is 28.6 Å². The molecule has 0 aliphatic heterocycles. The molecule has 63 heavy (non-hydrogen) atoms. The number of esters is 2. The molecule has 0 aromatic heterocycles. The van der Waals surface area contributed by atoms with E-state index in [1.807, 2.05) is 21.1 Å².